The fraction of sp³-hybridized carbons (Fsp3) is 0. The Morgan fingerprint density at radius 2 is 1.69 bits per heavy atom. The van der Waals surface area contributed by atoms with Crippen molar-refractivity contribution in [2.75, 3.05) is 0 Å². The topological polar surface area (TPSA) is 53.9 Å². The van der Waals surface area contributed by atoms with Gasteiger partial charge in [-0.3, -0.25) is 0 Å². The third-order valence-corrected chi connectivity index (χ3v) is 1.63. The van der Waals surface area contributed by atoms with E-state index in [1.54, 1.807) is 24.3 Å². The molecule has 66 valence electrons. The molecule has 0 spiro atoms. The molecule has 2 aromatic rings. The van der Waals surface area contributed by atoms with Crippen LogP contribution in [0.15, 0.2) is 30.5 Å². The van der Waals surface area contributed by atoms with E-state index in [1.807, 2.05) is 0 Å². The van der Waals surface area contributed by atoms with Crippen molar-refractivity contribution in [3.8, 4) is 0 Å². The zero-order valence-corrected chi connectivity index (χ0v) is 9.44. The molecule has 2 rings (SSSR count). The number of benzene rings is 1. The van der Waals surface area contributed by atoms with Crippen LogP contribution in [-0.4, -0.2) is 0 Å². The van der Waals surface area contributed by atoms with Crippen molar-refractivity contribution >= 4 is 11.0 Å². The van der Waals surface area contributed by atoms with Gasteiger partial charge in [0.15, 0.2) is 6.20 Å². The van der Waals surface area contributed by atoms with Crippen molar-refractivity contribution in [1.82, 2.24) is 0 Å². The number of nitrogens with zero attached hydrogens (tertiary/aromatic N) is 2. The van der Waals surface area contributed by atoms with Gasteiger partial charge in [-0.05, 0) is 6.07 Å². The number of para-hydroxylation sites is 2. The quantitative estimate of drug-likeness (QED) is 0.381. The Bertz CT molecular complexity index is 393. The summed E-state index contributed by atoms with van der Waals surface area (Å²) in [6.45, 7) is 0. The Labute approximate surface area is 88.9 Å². The molecule has 0 unspecified atom stereocenters. The summed E-state index contributed by atoms with van der Waals surface area (Å²) in [5.41, 5.74) is 0.682. The Morgan fingerprint density at radius 1 is 1.08 bits per heavy atom. The molecule has 0 fully saturated rings. The van der Waals surface area contributed by atoms with E-state index in [9.17, 15) is 10.4 Å². The molecular formula is C8H5N2O2W-. The van der Waals surface area contributed by atoms with Crippen LogP contribution in [0.2, 0.25) is 0 Å². The minimum absolute atomic E-state index is 0. The Hall–Kier alpha value is -1.15. The molecule has 0 saturated carbocycles. The first-order valence-corrected chi connectivity index (χ1v) is 3.41. The van der Waals surface area contributed by atoms with Gasteiger partial charge in [-0.15, -0.1) is 0 Å². The molecule has 0 bridgehead atoms. The average Bonchev–Trinajstić information content (AvgIpc) is 2.12. The van der Waals surface area contributed by atoms with Crippen molar-refractivity contribution in [3.63, 3.8) is 0 Å². The summed E-state index contributed by atoms with van der Waals surface area (Å²) in [5.74, 6) is 0. The summed E-state index contributed by atoms with van der Waals surface area (Å²) in [6.07, 6.45) is 3.32. The van der Waals surface area contributed by atoms with Crippen molar-refractivity contribution < 1.29 is 30.5 Å². The van der Waals surface area contributed by atoms with Gasteiger partial charge in [0.2, 0.25) is 5.52 Å². The number of hydrogen-bond donors (Lipinski definition) is 0. The van der Waals surface area contributed by atoms with Crippen LogP contribution < -0.4 is 9.46 Å². The molecule has 0 aliphatic carbocycles. The smallest absolute Gasteiger partial charge is 0.205 e. The summed E-state index contributed by atoms with van der Waals surface area (Å²) in [4.78, 5) is 0. The molecule has 13 heavy (non-hydrogen) atoms. The van der Waals surface area contributed by atoms with Crippen molar-refractivity contribution in [3.05, 3.63) is 47.1 Å². The molecule has 4 nitrogen and oxygen atoms in total. The number of fused-ring (bicyclic) bond motifs is 1. The third kappa shape index (κ3) is 1.63. The fourth-order valence-electron chi connectivity index (χ4n) is 1.07. The van der Waals surface area contributed by atoms with Crippen LogP contribution in [-0.2, 0) is 21.1 Å². The van der Waals surface area contributed by atoms with Gasteiger partial charge in [0, 0.05) is 21.1 Å². The molecule has 5 heteroatoms. The van der Waals surface area contributed by atoms with Crippen molar-refractivity contribution in [1.29, 1.82) is 0 Å². The first-order valence-electron chi connectivity index (χ1n) is 3.41. The van der Waals surface area contributed by atoms with Gasteiger partial charge in [0.25, 0.3) is 0 Å². The second kappa shape index (κ2) is 3.71. The molecule has 0 saturated heterocycles. The summed E-state index contributed by atoms with van der Waals surface area (Å²) >= 11 is 0. The van der Waals surface area contributed by atoms with Gasteiger partial charge in [0.1, 0.15) is 11.7 Å². The van der Waals surface area contributed by atoms with E-state index >= 15 is 0 Å². The van der Waals surface area contributed by atoms with Gasteiger partial charge in [-0.2, -0.15) is 4.73 Å². The first kappa shape index (κ1) is 9.93. The average molecular weight is 345 g/mol. The molecule has 0 aliphatic rings. The summed E-state index contributed by atoms with van der Waals surface area (Å²) in [6, 6.07) is 6.57. The van der Waals surface area contributed by atoms with E-state index in [4.69, 9.17) is 0 Å². The van der Waals surface area contributed by atoms with Crippen LogP contribution in [0.5, 0.6) is 0 Å². The third-order valence-electron chi connectivity index (χ3n) is 1.63. The Balaban J connectivity index is 0.000000845. The van der Waals surface area contributed by atoms with Crippen LogP contribution >= 0.6 is 0 Å². The predicted molar refractivity (Wildman–Crippen MR) is 40.7 cm³/mol. The molecule has 0 amide bonds. The van der Waals surface area contributed by atoms with Gasteiger partial charge < -0.3 is 15.1 Å². The molecule has 0 aliphatic heterocycles. The van der Waals surface area contributed by atoms with Crippen LogP contribution in [0.4, 0.5) is 0 Å². The first-order chi connectivity index (χ1) is 5.79. The van der Waals surface area contributed by atoms with Crippen LogP contribution in [0.1, 0.15) is 0 Å². The molecule has 1 heterocycles. The van der Waals surface area contributed by atoms with Gasteiger partial charge >= 0.3 is 0 Å². The molecular weight excluding hydrogens is 340 g/mol. The largest absolute Gasteiger partial charge is 0.650 e. The Kier molecular flexibility index (Phi) is 2.83. The second-order valence-electron chi connectivity index (χ2n) is 2.37. The van der Waals surface area contributed by atoms with E-state index in [0.29, 0.717) is 20.5 Å². The zero-order valence-electron chi connectivity index (χ0n) is 6.51. The minimum atomic E-state index is 0. The monoisotopic (exact) mass is 345 g/mol. The molecule has 0 atom stereocenters. The second-order valence-corrected chi connectivity index (χ2v) is 2.37. The standard InChI is InChI=1S/C8H5N2O2.W/c11-9-5-6-10(12)8-4-2-1-3-7(8)9;/h1-5H;/q-1;. The van der Waals surface area contributed by atoms with Gasteiger partial charge in [-0.1, -0.05) is 18.2 Å². The maximum Gasteiger partial charge on any atom is 0.205 e. The van der Waals surface area contributed by atoms with Gasteiger partial charge in [0.05, 0.1) is 0 Å². The van der Waals surface area contributed by atoms with Crippen LogP contribution in [0.3, 0.4) is 0 Å². The maximum atomic E-state index is 11.1. The number of hydrogen-bond acceptors (Lipinski definition) is 2. The summed E-state index contributed by atoms with van der Waals surface area (Å²) < 4.78 is 1.16. The molecule has 0 N–H and O–H groups in total. The van der Waals surface area contributed by atoms with E-state index in [1.165, 1.54) is 0 Å². The van der Waals surface area contributed by atoms with Gasteiger partial charge in [-0.25, -0.2) is 0 Å². The van der Waals surface area contributed by atoms with E-state index in [0.717, 1.165) is 6.20 Å². The maximum absolute atomic E-state index is 11.1. The molecule has 0 radical (unpaired) electrons. The van der Waals surface area contributed by atoms with Crippen molar-refractivity contribution in [2.24, 2.45) is 0 Å². The van der Waals surface area contributed by atoms with Crippen LogP contribution in [0, 0.1) is 16.6 Å². The molecule has 1 aromatic heterocycles. The summed E-state index contributed by atoms with van der Waals surface area (Å²) in [7, 11) is 0. The number of aromatic nitrogens is 2. The zero-order chi connectivity index (χ0) is 8.55. The van der Waals surface area contributed by atoms with Crippen LogP contribution in [0.25, 0.3) is 11.0 Å². The Morgan fingerprint density at radius 3 is 2.31 bits per heavy atom. The van der Waals surface area contributed by atoms with E-state index in [-0.39, 0.29) is 21.1 Å². The number of rotatable bonds is 0. The van der Waals surface area contributed by atoms with E-state index < -0.39 is 0 Å². The molecule has 1 aromatic carbocycles. The predicted octanol–water partition coefficient (Wildman–Crippen LogP) is -0.0957. The minimum Gasteiger partial charge on any atom is -0.650 e. The summed E-state index contributed by atoms with van der Waals surface area (Å²) in [5, 5.41) is 22.1. The van der Waals surface area contributed by atoms with E-state index in [2.05, 4.69) is 6.20 Å². The normalized spacial score (nSPS) is 9.54. The SMILES string of the molecule is [O-][n+]1[c-]c[n+]([O-])c2ccccc21.[W]. The van der Waals surface area contributed by atoms with Crippen molar-refractivity contribution in [2.45, 2.75) is 0 Å². The fourth-order valence-corrected chi connectivity index (χ4v) is 1.07.